The fraction of sp³-hybridized carbons (Fsp3) is 0.240. The molecule has 136 valence electrons. The second-order valence-electron chi connectivity index (χ2n) is 7.53. The van der Waals surface area contributed by atoms with Gasteiger partial charge in [0.05, 0.1) is 12.4 Å². The van der Waals surface area contributed by atoms with Crippen LogP contribution in [0, 0.1) is 20.8 Å². The van der Waals surface area contributed by atoms with Crippen molar-refractivity contribution in [3.05, 3.63) is 106 Å². The summed E-state index contributed by atoms with van der Waals surface area (Å²) in [6, 6.07) is 26.3. The van der Waals surface area contributed by atoms with Crippen LogP contribution >= 0.6 is 0 Å². The minimum atomic E-state index is 0.125. The molecule has 1 aliphatic heterocycles. The van der Waals surface area contributed by atoms with Crippen LogP contribution in [-0.4, -0.2) is 11.2 Å². The van der Waals surface area contributed by atoms with Gasteiger partial charge in [-0.05, 0) is 48.6 Å². The molecule has 1 aliphatic rings. The number of nitrogens with zero attached hydrogens (tertiary/aromatic N) is 2. The highest BCUT2D eigenvalue weighted by molar-refractivity contribution is 5.61. The van der Waals surface area contributed by atoms with Crippen molar-refractivity contribution >= 4 is 6.34 Å². The lowest BCUT2D eigenvalue weighted by Crippen LogP contribution is -2.26. The molecule has 2 heteroatoms. The number of hydrogen-bond acceptors (Lipinski definition) is 2. The Kier molecular flexibility index (Phi) is 4.81. The largest absolute Gasteiger partial charge is 0.349 e. The summed E-state index contributed by atoms with van der Waals surface area (Å²) >= 11 is 0. The lowest BCUT2D eigenvalue weighted by Gasteiger charge is -2.30. The Bertz CT molecular complexity index is 922. The summed E-state index contributed by atoms with van der Waals surface area (Å²) < 4.78 is 0. The van der Waals surface area contributed by atoms with Crippen LogP contribution in [0.2, 0.25) is 0 Å². The number of benzene rings is 3. The Hall–Kier alpha value is -2.87. The Morgan fingerprint density at radius 3 is 1.93 bits per heavy atom. The third-order valence-electron chi connectivity index (χ3n) is 5.50. The number of aliphatic imine (C=N–C) groups is 1. The van der Waals surface area contributed by atoms with Gasteiger partial charge in [-0.3, -0.25) is 4.99 Å². The molecule has 27 heavy (non-hydrogen) atoms. The number of aryl methyl sites for hydroxylation is 3. The summed E-state index contributed by atoms with van der Waals surface area (Å²) in [4.78, 5) is 7.32. The fourth-order valence-electron chi connectivity index (χ4n) is 4.22. The van der Waals surface area contributed by atoms with Crippen LogP contribution in [0.15, 0.2) is 77.8 Å². The summed E-state index contributed by atoms with van der Waals surface area (Å²) in [5, 5.41) is 0. The van der Waals surface area contributed by atoms with E-state index in [0.717, 1.165) is 6.54 Å². The van der Waals surface area contributed by atoms with Gasteiger partial charge in [-0.1, -0.05) is 78.4 Å². The molecule has 0 amide bonds. The molecule has 0 radical (unpaired) electrons. The lowest BCUT2D eigenvalue weighted by atomic mass is 9.92. The molecule has 0 saturated heterocycles. The minimum absolute atomic E-state index is 0.125. The van der Waals surface area contributed by atoms with Crippen LogP contribution in [-0.2, 0) is 6.54 Å². The molecule has 4 rings (SSSR count). The van der Waals surface area contributed by atoms with Crippen LogP contribution in [0.25, 0.3) is 0 Å². The summed E-state index contributed by atoms with van der Waals surface area (Å²) in [6.45, 7) is 7.48. The van der Waals surface area contributed by atoms with Crippen molar-refractivity contribution in [1.29, 1.82) is 0 Å². The molecule has 0 bridgehead atoms. The van der Waals surface area contributed by atoms with Gasteiger partial charge in [-0.15, -0.1) is 0 Å². The molecule has 0 saturated carbocycles. The van der Waals surface area contributed by atoms with Crippen LogP contribution in [0.5, 0.6) is 0 Å². The molecule has 0 aromatic heterocycles. The lowest BCUT2D eigenvalue weighted by molar-refractivity contribution is 0.309. The molecule has 0 N–H and O–H groups in total. The molecule has 3 aromatic rings. The average Bonchev–Trinajstić information content (AvgIpc) is 3.10. The maximum absolute atomic E-state index is 4.92. The Morgan fingerprint density at radius 1 is 0.778 bits per heavy atom. The Morgan fingerprint density at radius 2 is 1.33 bits per heavy atom. The molecular formula is C25H26N2. The van der Waals surface area contributed by atoms with Gasteiger partial charge in [-0.2, -0.15) is 0 Å². The van der Waals surface area contributed by atoms with Gasteiger partial charge in [0.15, 0.2) is 0 Å². The van der Waals surface area contributed by atoms with E-state index in [1.165, 1.54) is 33.4 Å². The van der Waals surface area contributed by atoms with Gasteiger partial charge in [0.25, 0.3) is 0 Å². The van der Waals surface area contributed by atoms with Gasteiger partial charge in [0.1, 0.15) is 6.04 Å². The van der Waals surface area contributed by atoms with Crippen molar-refractivity contribution < 1.29 is 0 Å². The fourth-order valence-corrected chi connectivity index (χ4v) is 4.22. The molecule has 2 atom stereocenters. The maximum Gasteiger partial charge on any atom is 0.101 e. The second-order valence-corrected chi connectivity index (χ2v) is 7.53. The van der Waals surface area contributed by atoms with Crippen LogP contribution < -0.4 is 0 Å². The predicted molar refractivity (Wildman–Crippen MR) is 113 cm³/mol. The maximum atomic E-state index is 4.92. The molecule has 3 aromatic carbocycles. The number of hydrogen-bond donors (Lipinski definition) is 0. The zero-order valence-corrected chi connectivity index (χ0v) is 16.3. The van der Waals surface area contributed by atoms with E-state index in [9.17, 15) is 0 Å². The number of rotatable bonds is 4. The predicted octanol–water partition coefficient (Wildman–Crippen LogP) is 5.94. The van der Waals surface area contributed by atoms with Crippen molar-refractivity contribution in [2.75, 3.05) is 0 Å². The smallest absolute Gasteiger partial charge is 0.101 e. The molecule has 2 nitrogen and oxygen atoms in total. The topological polar surface area (TPSA) is 15.6 Å². The molecule has 0 spiro atoms. The van der Waals surface area contributed by atoms with E-state index in [-0.39, 0.29) is 12.1 Å². The molecule has 0 unspecified atom stereocenters. The monoisotopic (exact) mass is 354 g/mol. The highest BCUT2D eigenvalue weighted by Gasteiger charge is 2.33. The van der Waals surface area contributed by atoms with Crippen LogP contribution in [0.1, 0.15) is 45.5 Å². The van der Waals surface area contributed by atoms with E-state index in [1.807, 2.05) is 6.34 Å². The third-order valence-corrected chi connectivity index (χ3v) is 5.50. The van der Waals surface area contributed by atoms with Crippen molar-refractivity contribution in [3.63, 3.8) is 0 Å². The SMILES string of the molecule is Cc1cc(C)c(CN2C=N[C@@H](c3ccccc3)[C@H]2c2ccccc2)c(C)c1. The van der Waals surface area contributed by atoms with Crippen molar-refractivity contribution in [3.8, 4) is 0 Å². The van der Waals surface area contributed by atoms with E-state index >= 15 is 0 Å². The highest BCUT2D eigenvalue weighted by atomic mass is 15.2. The Balaban J connectivity index is 1.71. The van der Waals surface area contributed by atoms with Crippen molar-refractivity contribution in [2.24, 2.45) is 4.99 Å². The first-order valence-electron chi connectivity index (χ1n) is 9.59. The van der Waals surface area contributed by atoms with Gasteiger partial charge in [0, 0.05) is 6.54 Å². The van der Waals surface area contributed by atoms with Crippen LogP contribution in [0.3, 0.4) is 0 Å². The summed E-state index contributed by atoms with van der Waals surface area (Å²) in [7, 11) is 0. The van der Waals surface area contributed by atoms with E-state index in [2.05, 4.69) is 98.5 Å². The normalized spacial score (nSPS) is 18.9. The highest BCUT2D eigenvalue weighted by Crippen LogP contribution is 2.41. The quantitative estimate of drug-likeness (QED) is 0.566. The van der Waals surface area contributed by atoms with E-state index in [1.54, 1.807) is 0 Å². The van der Waals surface area contributed by atoms with E-state index in [0.29, 0.717) is 0 Å². The standard InChI is InChI=1S/C25H26N2/c1-18-14-19(2)23(20(3)15-18)16-27-17-26-24(21-10-6-4-7-11-21)25(27)22-12-8-5-9-13-22/h4-15,17,24-25H,16H2,1-3H3/t24-,25+/m0/s1. The zero-order valence-electron chi connectivity index (χ0n) is 16.3. The summed E-state index contributed by atoms with van der Waals surface area (Å²) in [6.07, 6.45) is 2.05. The summed E-state index contributed by atoms with van der Waals surface area (Å²) in [5.74, 6) is 0. The Labute approximate surface area is 162 Å². The van der Waals surface area contributed by atoms with Crippen LogP contribution in [0.4, 0.5) is 0 Å². The van der Waals surface area contributed by atoms with Gasteiger partial charge >= 0.3 is 0 Å². The summed E-state index contributed by atoms with van der Waals surface area (Å²) in [5.41, 5.74) is 8.02. The van der Waals surface area contributed by atoms with Crippen molar-refractivity contribution in [2.45, 2.75) is 39.4 Å². The van der Waals surface area contributed by atoms with Gasteiger partial charge in [-0.25, -0.2) is 0 Å². The molecular weight excluding hydrogens is 328 g/mol. The van der Waals surface area contributed by atoms with Gasteiger partial charge < -0.3 is 4.90 Å². The first-order valence-corrected chi connectivity index (χ1v) is 9.59. The van der Waals surface area contributed by atoms with E-state index < -0.39 is 0 Å². The average molecular weight is 354 g/mol. The van der Waals surface area contributed by atoms with E-state index in [4.69, 9.17) is 4.99 Å². The first kappa shape index (κ1) is 17.5. The van der Waals surface area contributed by atoms with Gasteiger partial charge in [0.2, 0.25) is 0 Å². The molecule has 0 fully saturated rings. The zero-order chi connectivity index (χ0) is 18.8. The molecule has 0 aliphatic carbocycles. The second kappa shape index (κ2) is 7.40. The minimum Gasteiger partial charge on any atom is -0.349 e. The molecule has 1 heterocycles. The third kappa shape index (κ3) is 3.52. The first-order chi connectivity index (χ1) is 13.1. The van der Waals surface area contributed by atoms with Crippen molar-refractivity contribution in [1.82, 2.24) is 4.90 Å².